The first kappa shape index (κ1) is 12.8. The van der Waals surface area contributed by atoms with Crippen LogP contribution >= 0.6 is 0 Å². The molecule has 1 aromatic rings. The van der Waals surface area contributed by atoms with Crippen molar-refractivity contribution in [3.63, 3.8) is 0 Å². The Bertz CT molecular complexity index is 378. The molecular formula is C10H19N7O. The molecule has 1 saturated heterocycles. The van der Waals surface area contributed by atoms with E-state index in [0.717, 1.165) is 13.1 Å². The molecule has 0 amide bonds. The SMILES string of the molecule is COc1nc(NN)nc(NCC2CCCN2C)n1. The molecular weight excluding hydrogens is 234 g/mol. The van der Waals surface area contributed by atoms with Crippen molar-refractivity contribution >= 4 is 11.9 Å². The molecule has 1 aliphatic rings. The van der Waals surface area contributed by atoms with Crippen LogP contribution in [0.25, 0.3) is 0 Å². The molecule has 8 heteroatoms. The summed E-state index contributed by atoms with van der Waals surface area (Å²) in [5, 5.41) is 3.19. The van der Waals surface area contributed by atoms with Crippen molar-refractivity contribution in [3.05, 3.63) is 0 Å². The first-order chi connectivity index (χ1) is 8.72. The molecule has 2 rings (SSSR count). The van der Waals surface area contributed by atoms with Crippen molar-refractivity contribution in [1.29, 1.82) is 0 Å². The monoisotopic (exact) mass is 253 g/mol. The van der Waals surface area contributed by atoms with Gasteiger partial charge in [0.1, 0.15) is 0 Å². The van der Waals surface area contributed by atoms with Crippen LogP contribution in [-0.4, -0.2) is 53.1 Å². The van der Waals surface area contributed by atoms with E-state index < -0.39 is 0 Å². The van der Waals surface area contributed by atoms with Crippen molar-refractivity contribution in [3.8, 4) is 6.01 Å². The summed E-state index contributed by atoms with van der Waals surface area (Å²) in [6.45, 7) is 1.94. The number of anilines is 2. The molecule has 0 bridgehead atoms. The van der Waals surface area contributed by atoms with Crippen molar-refractivity contribution in [2.45, 2.75) is 18.9 Å². The molecule has 1 aromatic heterocycles. The molecule has 0 aliphatic carbocycles. The van der Waals surface area contributed by atoms with Crippen molar-refractivity contribution in [1.82, 2.24) is 19.9 Å². The summed E-state index contributed by atoms with van der Waals surface area (Å²) in [7, 11) is 3.63. The van der Waals surface area contributed by atoms with Crippen LogP contribution in [-0.2, 0) is 0 Å². The standard InChI is InChI=1S/C10H19N7O/c1-17-5-3-4-7(17)6-12-8-13-9(16-11)15-10(14-8)18-2/h7H,3-6,11H2,1-2H3,(H2,12,13,14,15,16). The molecule has 18 heavy (non-hydrogen) atoms. The lowest BCUT2D eigenvalue weighted by Crippen LogP contribution is -2.32. The lowest BCUT2D eigenvalue weighted by molar-refractivity contribution is 0.321. The average Bonchev–Trinajstić information content (AvgIpc) is 2.81. The normalized spacial score (nSPS) is 19.8. The highest BCUT2D eigenvalue weighted by Gasteiger charge is 2.20. The third kappa shape index (κ3) is 2.96. The maximum Gasteiger partial charge on any atom is 0.322 e. The molecule has 4 N–H and O–H groups in total. The fourth-order valence-electron chi connectivity index (χ4n) is 2.04. The predicted molar refractivity (Wildman–Crippen MR) is 68.3 cm³/mol. The van der Waals surface area contributed by atoms with Crippen molar-refractivity contribution < 1.29 is 4.74 Å². The first-order valence-corrected chi connectivity index (χ1v) is 5.93. The Morgan fingerprint density at radius 1 is 1.39 bits per heavy atom. The Morgan fingerprint density at radius 3 is 2.78 bits per heavy atom. The summed E-state index contributed by atoms with van der Waals surface area (Å²) < 4.78 is 4.98. The van der Waals surface area contributed by atoms with E-state index >= 15 is 0 Å². The molecule has 1 aliphatic heterocycles. The average molecular weight is 253 g/mol. The van der Waals surface area contributed by atoms with E-state index in [0.29, 0.717) is 12.0 Å². The summed E-state index contributed by atoms with van der Waals surface area (Å²) in [5.74, 6) is 6.04. The van der Waals surface area contributed by atoms with Gasteiger partial charge in [-0.25, -0.2) is 5.84 Å². The van der Waals surface area contributed by atoms with E-state index in [9.17, 15) is 0 Å². The second-order valence-corrected chi connectivity index (χ2v) is 4.27. The van der Waals surface area contributed by atoms with Crippen LogP contribution in [0.15, 0.2) is 0 Å². The number of aromatic nitrogens is 3. The molecule has 100 valence electrons. The number of hydrazine groups is 1. The highest BCUT2D eigenvalue weighted by Crippen LogP contribution is 2.16. The fourth-order valence-corrected chi connectivity index (χ4v) is 2.04. The summed E-state index contributed by atoms with van der Waals surface area (Å²) in [6.07, 6.45) is 2.42. The van der Waals surface area contributed by atoms with Gasteiger partial charge < -0.3 is 15.0 Å². The summed E-state index contributed by atoms with van der Waals surface area (Å²) in [5.41, 5.74) is 2.39. The van der Waals surface area contributed by atoms with E-state index in [2.05, 4.69) is 37.6 Å². The zero-order chi connectivity index (χ0) is 13.0. The van der Waals surface area contributed by atoms with Crippen LogP contribution in [0, 0.1) is 0 Å². The summed E-state index contributed by atoms with van der Waals surface area (Å²) in [6, 6.07) is 0.752. The maximum absolute atomic E-state index is 5.29. The van der Waals surface area contributed by atoms with Gasteiger partial charge in [0.2, 0.25) is 11.9 Å². The van der Waals surface area contributed by atoms with Gasteiger partial charge in [-0.05, 0) is 26.4 Å². The molecule has 0 saturated carbocycles. The molecule has 0 spiro atoms. The van der Waals surface area contributed by atoms with Crippen LogP contribution in [0.4, 0.5) is 11.9 Å². The van der Waals surface area contributed by atoms with Gasteiger partial charge in [-0.15, -0.1) is 0 Å². The number of rotatable bonds is 5. The highest BCUT2D eigenvalue weighted by molar-refractivity contribution is 5.35. The molecule has 1 fully saturated rings. The number of nitrogens with two attached hydrogens (primary N) is 1. The minimum atomic E-state index is 0.236. The van der Waals surface area contributed by atoms with Gasteiger partial charge in [-0.3, -0.25) is 5.43 Å². The number of likely N-dealkylation sites (tertiary alicyclic amines) is 1. The Morgan fingerprint density at radius 2 is 2.17 bits per heavy atom. The predicted octanol–water partition coefficient (Wildman–Crippen LogP) is -0.328. The topological polar surface area (TPSA) is 101 Å². The van der Waals surface area contributed by atoms with Crippen LogP contribution in [0.1, 0.15) is 12.8 Å². The first-order valence-electron chi connectivity index (χ1n) is 5.93. The van der Waals surface area contributed by atoms with Crippen LogP contribution in [0.5, 0.6) is 6.01 Å². The zero-order valence-corrected chi connectivity index (χ0v) is 10.7. The molecule has 2 heterocycles. The number of nitrogen functional groups attached to an aromatic ring is 1. The third-order valence-corrected chi connectivity index (χ3v) is 3.09. The van der Waals surface area contributed by atoms with E-state index in [1.165, 1.54) is 20.0 Å². The number of nitrogens with zero attached hydrogens (tertiary/aromatic N) is 4. The molecule has 8 nitrogen and oxygen atoms in total. The molecule has 1 atom stereocenters. The summed E-state index contributed by atoms with van der Waals surface area (Å²) >= 11 is 0. The second-order valence-electron chi connectivity index (χ2n) is 4.27. The Hall–Kier alpha value is -1.67. The van der Waals surface area contributed by atoms with Gasteiger partial charge >= 0.3 is 6.01 Å². The number of nitrogens with one attached hydrogen (secondary N) is 2. The van der Waals surface area contributed by atoms with E-state index in [1.807, 2.05) is 0 Å². The van der Waals surface area contributed by atoms with E-state index in [4.69, 9.17) is 10.6 Å². The summed E-state index contributed by atoms with van der Waals surface area (Å²) in [4.78, 5) is 14.5. The Kier molecular flexibility index (Phi) is 4.11. The highest BCUT2D eigenvalue weighted by atomic mass is 16.5. The minimum Gasteiger partial charge on any atom is -0.467 e. The van der Waals surface area contributed by atoms with Crippen molar-refractivity contribution in [2.75, 3.05) is 38.0 Å². The smallest absolute Gasteiger partial charge is 0.322 e. The number of likely N-dealkylation sites (N-methyl/N-ethyl adjacent to an activating group) is 1. The number of ether oxygens (including phenoxy) is 1. The zero-order valence-electron chi connectivity index (χ0n) is 10.7. The van der Waals surface area contributed by atoms with Crippen LogP contribution < -0.4 is 21.3 Å². The Balaban J connectivity index is 1.99. The number of hydrogen-bond donors (Lipinski definition) is 3. The van der Waals surface area contributed by atoms with Gasteiger partial charge in [0.25, 0.3) is 0 Å². The van der Waals surface area contributed by atoms with Crippen LogP contribution in [0.2, 0.25) is 0 Å². The Labute approximate surface area is 106 Å². The maximum atomic E-state index is 5.29. The van der Waals surface area contributed by atoms with Gasteiger partial charge in [0, 0.05) is 12.6 Å². The van der Waals surface area contributed by atoms with Gasteiger partial charge in [0.05, 0.1) is 7.11 Å². The minimum absolute atomic E-state index is 0.236. The number of methoxy groups -OCH3 is 1. The lowest BCUT2D eigenvalue weighted by Gasteiger charge is -2.19. The molecule has 0 aromatic carbocycles. The van der Waals surface area contributed by atoms with Crippen molar-refractivity contribution in [2.24, 2.45) is 5.84 Å². The van der Waals surface area contributed by atoms with E-state index in [1.54, 1.807) is 0 Å². The van der Waals surface area contributed by atoms with Gasteiger partial charge in [-0.1, -0.05) is 0 Å². The molecule has 1 unspecified atom stereocenters. The van der Waals surface area contributed by atoms with E-state index in [-0.39, 0.29) is 12.0 Å². The lowest BCUT2D eigenvalue weighted by atomic mass is 10.2. The molecule has 0 radical (unpaired) electrons. The third-order valence-electron chi connectivity index (χ3n) is 3.09. The van der Waals surface area contributed by atoms with Gasteiger partial charge in [0.15, 0.2) is 0 Å². The van der Waals surface area contributed by atoms with Gasteiger partial charge in [-0.2, -0.15) is 15.0 Å². The fraction of sp³-hybridized carbons (Fsp3) is 0.700. The largest absolute Gasteiger partial charge is 0.467 e. The van der Waals surface area contributed by atoms with Crippen LogP contribution in [0.3, 0.4) is 0 Å². The number of hydrogen-bond acceptors (Lipinski definition) is 8. The second kappa shape index (κ2) is 5.78. The quantitative estimate of drug-likeness (QED) is 0.484.